The fraction of sp³-hybridized carbons (Fsp3) is 0.0625. The van der Waals surface area contributed by atoms with Crippen molar-refractivity contribution in [2.45, 2.75) is 11.4 Å². The van der Waals surface area contributed by atoms with E-state index in [1.165, 1.54) is 42.7 Å². The van der Waals surface area contributed by atoms with Crippen LogP contribution in [0.1, 0.15) is 0 Å². The third kappa shape index (κ3) is 4.05. The summed E-state index contributed by atoms with van der Waals surface area (Å²) in [5, 5.41) is 11.7. The number of nitrogens with zero attached hydrogens (tertiary/aromatic N) is 2. The van der Waals surface area contributed by atoms with E-state index < -0.39 is 21.5 Å². The number of carbonyl (C=O) groups is 1. The molecule has 10 heteroatoms. The lowest BCUT2D eigenvalue weighted by Crippen LogP contribution is -2.29. The number of nitrogens with two attached hydrogens (primary N) is 1. The molecule has 0 saturated carbocycles. The Balaban J connectivity index is 1.74. The standard InChI is InChI=1S/C16H14N4O5S/c17-26(23,24)12-5-3-11(4-6-12)18-15(21)10-20-16(22)8-7-13(19-20)14-2-1-9-25-14/h1-9H,10H2,(H,18,21)(H2,17,23,24). The molecule has 0 bridgehead atoms. The Hall–Kier alpha value is -3.24. The van der Waals surface area contributed by atoms with E-state index >= 15 is 0 Å². The predicted octanol–water partition coefficient (Wildman–Crippen LogP) is 0.789. The monoisotopic (exact) mass is 374 g/mol. The summed E-state index contributed by atoms with van der Waals surface area (Å²) in [4.78, 5) is 24.0. The number of primary sulfonamides is 1. The lowest BCUT2D eigenvalue weighted by atomic mass is 10.3. The van der Waals surface area contributed by atoms with E-state index in [0.717, 1.165) is 4.68 Å². The van der Waals surface area contributed by atoms with Crippen LogP contribution in [0.2, 0.25) is 0 Å². The molecule has 0 radical (unpaired) electrons. The van der Waals surface area contributed by atoms with E-state index in [-0.39, 0.29) is 11.4 Å². The second-order valence-electron chi connectivity index (χ2n) is 5.31. The Morgan fingerprint density at radius 3 is 2.50 bits per heavy atom. The summed E-state index contributed by atoms with van der Waals surface area (Å²) in [6.07, 6.45) is 1.48. The van der Waals surface area contributed by atoms with Crippen LogP contribution in [0, 0.1) is 0 Å². The van der Waals surface area contributed by atoms with Crippen molar-refractivity contribution in [3.63, 3.8) is 0 Å². The first-order valence-electron chi connectivity index (χ1n) is 7.38. The predicted molar refractivity (Wildman–Crippen MR) is 92.6 cm³/mol. The second-order valence-corrected chi connectivity index (χ2v) is 6.87. The minimum absolute atomic E-state index is 0.0699. The number of furan rings is 1. The van der Waals surface area contributed by atoms with Gasteiger partial charge in [0.1, 0.15) is 12.2 Å². The van der Waals surface area contributed by atoms with Gasteiger partial charge in [0.25, 0.3) is 5.56 Å². The molecule has 26 heavy (non-hydrogen) atoms. The van der Waals surface area contributed by atoms with Gasteiger partial charge in [0, 0.05) is 11.8 Å². The van der Waals surface area contributed by atoms with Gasteiger partial charge in [0.05, 0.1) is 11.2 Å². The van der Waals surface area contributed by atoms with Gasteiger partial charge in [-0.15, -0.1) is 0 Å². The summed E-state index contributed by atoms with van der Waals surface area (Å²) in [5.74, 6) is -0.0303. The van der Waals surface area contributed by atoms with Gasteiger partial charge in [-0.3, -0.25) is 9.59 Å². The lowest BCUT2D eigenvalue weighted by molar-refractivity contribution is -0.117. The normalized spacial score (nSPS) is 11.3. The molecule has 2 aromatic heterocycles. The molecular weight excluding hydrogens is 360 g/mol. The molecular formula is C16H14N4O5S. The third-order valence-corrected chi connectivity index (χ3v) is 4.33. The highest BCUT2D eigenvalue weighted by molar-refractivity contribution is 7.89. The summed E-state index contributed by atoms with van der Waals surface area (Å²) in [6.45, 7) is -0.315. The van der Waals surface area contributed by atoms with Crippen molar-refractivity contribution >= 4 is 21.6 Å². The first-order valence-corrected chi connectivity index (χ1v) is 8.92. The van der Waals surface area contributed by atoms with Crippen LogP contribution in [-0.2, 0) is 21.4 Å². The van der Waals surface area contributed by atoms with Gasteiger partial charge in [-0.2, -0.15) is 5.10 Å². The fourth-order valence-corrected chi connectivity index (χ4v) is 2.70. The van der Waals surface area contributed by atoms with Crippen molar-refractivity contribution in [1.29, 1.82) is 0 Å². The molecule has 3 aromatic rings. The van der Waals surface area contributed by atoms with E-state index in [1.807, 2.05) is 0 Å². The van der Waals surface area contributed by atoms with Crippen molar-refractivity contribution in [2.75, 3.05) is 5.32 Å². The van der Waals surface area contributed by atoms with E-state index in [9.17, 15) is 18.0 Å². The summed E-state index contributed by atoms with van der Waals surface area (Å²) in [7, 11) is -3.81. The van der Waals surface area contributed by atoms with Crippen molar-refractivity contribution < 1.29 is 17.6 Å². The van der Waals surface area contributed by atoms with Crippen molar-refractivity contribution in [2.24, 2.45) is 5.14 Å². The molecule has 0 unspecified atom stereocenters. The lowest BCUT2D eigenvalue weighted by Gasteiger charge is -2.08. The maximum absolute atomic E-state index is 12.1. The Morgan fingerprint density at radius 1 is 1.15 bits per heavy atom. The van der Waals surface area contributed by atoms with Crippen LogP contribution in [-0.4, -0.2) is 24.1 Å². The number of hydrogen-bond acceptors (Lipinski definition) is 6. The van der Waals surface area contributed by atoms with Crippen LogP contribution in [0.3, 0.4) is 0 Å². The number of hydrogen-bond donors (Lipinski definition) is 2. The maximum Gasteiger partial charge on any atom is 0.267 e. The zero-order valence-electron chi connectivity index (χ0n) is 13.3. The smallest absolute Gasteiger partial charge is 0.267 e. The van der Waals surface area contributed by atoms with E-state index in [1.54, 1.807) is 12.1 Å². The van der Waals surface area contributed by atoms with Crippen LogP contribution in [0.15, 0.2) is 68.9 Å². The Morgan fingerprint density at radius 2 is 1.88 bits per heavy atom. The second kappa shape index (κ2) is 6.94. The van der Waals surface area contributed by atoms with Gasteiger partial charge in [-0.1, -0.05) is 0 Å². The summed E-state index contributed by atoms with van der Waals surface area (Å²) in [5.41, 5.74) is 0.331. The van der Waals surface area contributed by atoms with Gasteiger partial charge >= 0.3 is 0 Å². The first kappa shape index (κ1) is 17.6. The average molecular weight is 374 g/mol. The highest BCUT2D eigenvalue weighted by Gasteiger charge is 2.11. The number of anilines is 1. The number of sulfonamides is 1. The molecule has 0 atom stereocenters. The SMILES string of the molecule is NS(=O)(=O)c1ccc(NC(=O)Cn2nc(-c3ccco3)ccc2=O)cc1. The molecule has 0 saturated heterocycles. The fourth-order valence-electron chi connectivity index (χ4n) is 2.18. The van der Waals surface area contributed by atoms with Crippen molar-refractivity contribution in [3.8, 4) is 11.5 Å². The van der Waals surface area contributed by atoms with Gasteiger partial charge < -0.3 is 9.73 Å². The van der Waals surface area contributed by atoms with E-state index in [0.29, 0.717) is 17.1 Å². The highest BCUT2D eigenvalue weighted by Crippen LogP contribution is 2.15. The number of rotatable bonds is 5. The molecule has 3 rings (SSSR count). The first-order chi connectivity index (χ1) is 12.3. The Kier molecular flexibility index (Phi) is 4.69. The Labute approximate surface area is 148 Å². The zero-order chi connectivity index (χ0) is 18.7. The molecule has 0 aliphatic rings. The van der Waals surface area contributed by atoms with Crippen molar-refractivity contribution in [3.05, 3.63) is 65.1 Å². The van der Waals surface area contributed by atoms with Crippen LogP contribution in [0.25, 0.3) is 11.5 Å². The molecule has 1 aromatic carbocycles. The maximum atomic E-state index is 12.1. The number of benzene rings is 1. The molecule has 9 nitrogen and oxygen atoms in total. The van der Waals surface area contributed by atoms with Crippen molar-refractivity contribution in [1.82, 2.24) is 9.78 Å². The topological polar surface area (TPSA) is 137 Å². The van der Waals surface area contributed by atoms with Gasteiger partial charge in [0.15, 0.2) is 5.76 Å². The number of amides is 1. The van der Waals surface area contributed by atoms with Crippen LogP contribution < -0.4 is 16.0 Å². The zero-order valence-corrected chi connectivity index (χ0v) is 14.1. The van der Waals surface area contributed by atoms with Crippen LogP contribution in [0.5, 0.6) is 0 Å². The summed E-state index contributed by atoms with van der Waals surface area (Å²) < 4.78 is 28.6. The van der Waals surface area contributed by atoms with Gasteiger partial charge in [0.2, 0.25) is 15.9 Å². The molecule has 0 aliphatic heterocycles. The summed E-state index contributed by atoms with van der Waals surface area (Å²) in [6, 6.07) is 11.5. The molecule has 0 aliphatic carbocycles. The number of carbonyl (C=O) groups excluding carboxylic acids is 1. The van der Waals surface area contributed by atoms with Crippen LogP contribution >= 0.6 is 0 Å². The third-order valence-electron chi connectivity index (χ3n) is 3.40. The van der Waals surface area contributed by atoms with Crippen LogP contribution in [0.4, 0.5) is 5.69 Å². The molecule has 1 amide bonds. The Bertz CT molecular complexity index is 1090. The molecule has 134 valence electrons. The van der Waals surface area contributed by atoms with Gasteiger partial charge in [-0.05, 0) is 42.5 Å². The van der Waals surface area contributed by atoms with E-state index in [2.05, 4.69) is 10.4 Å². The van der Waals surface area contributed by atoms with E-state index in [4.69, 9.17) is 9.56 Å². The van der Waals surface area contributed by atoms with Gasteiger partial charge in [-0.25, -0.2) is 18.2 Å². The molecule has 0 fully saturated rings. The highest BCUT2D eigenvalue weighted by atomic mass is 32.2. The molecule has 0 spiro atoms. The molecule has 3 N–H and O–H groups in total. The number of nitrogens with one attached hydrogen (secondary N) is 1. The summed E-state index contributed by atoms with van der Waals surface area (Å²) >= 11 is 0. The minimum Gasteiger partial charge on any atom is -0.463 e. The quantitative estimate of drug-likeness (QED) is 0.677. The average Bonchev–Trinajstić information content (AvgIpc) is 3.11. The number of aromatic nitrogens is 2. The minimum atomic E-state index is -3.81. The molecule has 2 heterocycles. The largest absolute Gasteiger partial charge is 0.463 e.